The molecule has 0 aliphatic heterocycles. The maximum atomic E-state index is 12.1. The molecule has 112 valence electrons. The van der Waals surface area contributed by atoms with Gasteiger partial charge in [0.1, 0.15) is 0 Å². The van der Waals surface area contributed by atoms with Crippen LogP contribution >= 0.6 is 0 Å². The number of nitrogens with one attached hydrogen (secondary N) is 1. The van der Waals surface area contributed by atoms with Crippen molar-refractivity contribution in [3.63, 3.8) is 0 Å². The van der Waals surface area contributed by atoms with Crippen LogP contribution in [0.25, 0.3) is 0 Å². The normalized spacial score (nSPS) is 10.6. The Labute approximate surface area is 128 Å². The Morgan fingerprint density at radius 3 is 2.73 bits per heavy atom. The Kier molecular flexibility index (Phi) is 4.05. The van der Waals surface area contributed by atoms with Crippen LogP contribution in [0, 0.1) is 6.92 Å². The van der Waals surface area contributed by atoms with Crippen LogP contribution in [0.3, 0.4) is 0 Å². The Bertz CT molecular complexity index is 760. The van der Waals surface area contributed by atoms with Crippen molar-refractivity contribution in [3.05, 3.63) is 77.5 Å². The van der Waals surface area contributed by atoms with Crippen molar-refractivity contribution >= 4 is 5.91 Å². The van der Waals surface area contributed by atoms with E-state index in [9.17, 15) is 4.79 Å². The highest BCUT2D eigenvalue weighted by molar-refractivity contribution is 5.92. The molecule has 1 N–H and O–H groups in total. The zero-order valence-electron chi connectivity index (χ0n) is 12.3. The van der Waals surface area contributed by atoms with E-state index in [2.05, 4.69) is 10.4 Å². The van der Waals surface area contributed by atoms with Gasteiger partial charge in [-0.3, -0.25) is 9.48 Å². The molecule has 0 fully saturated rings. The molecular weight excluding hydrogens is 278 g/mol. The Balaban J connectivity index is 1.70. The molecule has 0 atom stereocenters. The number of amides is 1. The highest BCUT2D eigenvalue weighted by Crippen LogP contribution is 2.12. The van der Waals surface area contributed by atoms with Gasteiger partial charge in [-0.2, -0.15) is 5.10 Å². The summed E-state index contributed by atoms with van der Waals surface area (Å²) < 4.78 is 7.06. The smallest absolute Gasteiger partial charge is 0.287 e. The average molecular weight is 295 g/mol. The van der Waals surface area contributed by atoms with E-state index >= 15 is 0 Å². The lowest BCUT2D eigenvalue weighted by molar-refractivity contribution is 0.0922. The van der Waals surface area contributed by atoms with Crippen LogP contribution in [0.4, 0.5) is 0 Å². The van der Waals surface area contributed by atoms with Crippen LogP contribution in [0.2, 0.25) is 0 Å². The first-order valence-electron chi connectivity index (χ1n) is 7.10. The van der Waals surface area contributed by atoms with Gasteiger partial charge in [0, 0.05) is 24.5 Å². The summed E-state index contributed by atoms with van der Waals surface area (Å²) in [6, 6.07) is 11.7. The van der Waals surface area contributed by atoms with E-state index in [0.29, 0.717) is 18.8 Å². The van der Waals surface area contributed by atoms with E-state index in [1.807, 2.05) is 48.1 Å². The summed E-state index contributed by atoms with van der Waals surface area (Å²) in [7, 11) is 0. The summed E-state index contributed by atoms with van der Waals surface area (Å²) in [5.74, 6) is 0.168. The van der Waals surface area contributed by atoms with E-state index in [4.69, 9.17) is 4.42 Å². The number of aryl methyl sites for hydroxylation is 1. The molecule has 3 rings (SSSR count). The molecule has 1 aromatic carbocycles. The molecule has 0 spiro atoms. The van der Waals surface area contributed by atoms with E-state index in [0.717, 1.165) is 16.7 Å². The van der Waals surface area contributed by atoms with Gasteiger partial charge in [0.05, 0.1) is 12.8 Å². The molecule has 2 heterocycles. The summed E-state index contributed by atoms with van der Waals surface area (Å²) in [4.78, 5) is 12.1. The highest BCUT2D eigenvalue weighted by atomic mass is 16.3. The topological polar surface area (TPSA) is 60.1 Å². The molecule has 2 aromatic heterocycles. The third-order valence-corrected chi connectivity index (χ3v) is 3.52. The number of carbonyl (C=O) groups excluding carboxylic acids is 1. The van der Waals surface area contributed by atoms with E-state index in [-0.39, 0.29) is 5.91 Å². The molecular formula is C17H17N3O2. The number of carbonyl (C=O) groups is 1. The van der Waals surface area contributed by atoms with Crippen molar-refractivity contribution in [2.75, 3.05) is 0 Å². The molecule has 5 heteroatoms. The number of nitrogens with zero attached hydrogens (tertiary/aromatic N) is 2. The minimum Gasteiger partial charge on any atom is -0.459 e. The van der Waals surface area contributed by atoms with Gasteiger partial charge < -0.3 is 9.73 Å². The van der Waals surface area contributed by atoms with Gasteiger partial charge in [-0.1, -0.05) is 24.3 Å². The fourth-order valence-corrected chi connectivity index (χ4v) is 2.31. The van der Waals surface area contributed by atoms with Crippen molar-refractivity contribution in [2.24, 2.45) is 0 Å². The molecule has 22 heavy (non-hydrogen) atoms. The minimum absolute atomic E-state index is 0.198. The van der Waals surface area contributed by atoms with E-state index < -0.39 is 0 Å². The molecule has 0 saturated heterocycles. The van der Waals surface area contributed by atoms with Gasteiger partial charge in [0.15, 0.2) is 5.76 Å². The minimum atomic E-state index is -0.198. The third-order valence-electron chi connectivity index (χ3n) is 3.52. The Hall–Kier alpha value is -2.82. The summed E-state index contributed by atoms with van der Waals surface area (Å²) in [5, 5.41) is 7.11. The number of aromatic nitrogens is 2. The van der Waals surface area contributed by atoms with E-state index in [1.54, 1.807) is 12.3 Å². The summed E-state index contributed by atoms with van der Waals surface area (Å²) in [6.45, 7) is 2.99. The summed E-state index contributed by atoms with van der Waals surface area (Å²) >= 11 is 0. The van der Waals surface area contributed by atoms with Crippen molar-refractivity contribution in [1.82, 2.24) is 15.1 Å². The first kappa shape index (κ1) is 14.1. The average Bonchev–Trinajstić information content (AvgIpc) is 3.17. The molecule has 0 aliphatic carbocycles. The second-order valence-corrected chi connectivity index (χ2v) is 5.09. The molecule has 3 aromatic rings. The third kappa shape index (κ3) is 3.09. The Morgan fingerprint density at radius 2 is 2.05 bits per heavy atom. The monoisotopic (exact) mass is 295 g/mol. The lowest BCUT2D eigenvalue weighted by Gasteiger charge is -2.10. The first-order chi connectivity index (χ1) is 10.7. The molecule has 0 unspecified atom stereocenters. The first-order valence-corrected chi connectivity index (χ1v) is 7.10. The van der Waals surface area contributed by atoms with Gasteiger partial charge in [0.2, 0.25) is 0 Å². The second kappa shape index (κ2) is 6.30. The predicted molar refractivity (Wildman–Crippen MR) is 82.4 cm³/mol. The van der Waals surface area contributed by atoms with Gasteiger partial charge in [-0.15, -0.1) is 0 Å². The lowest BCUT2D eigenvalue weighted by atomic mass is 10.1. The number of hydrogen-bond donors (Lipinski definition) is 1. The molecule has 1 amide bonds. The molecule has 0 radical (unpaired) electrons. The standard InChI is InChI=1S/C17H17N3O2/c1-13-7-10-22-16(13)17(21)18-11-14-5-2-3-6-15(14)12-20-9-4-8-19-20/h2-10H,11-12H2,1H3,(H,18,21). The molecule has 0 saturated carbocycles. The van der Waals surface area contributed by atoms with Crippen LogP contribution in [0.5, 0.6) is 0 Å². The fourth-order valence-electron chi connectivity index (χ4n) is 2.31. The molecule has 5 nitrogen and oxygen atoms in total. The van der Waals surface area contributed by atoms with Crippen molar-refractivity contribution in [3.8, 4) is 0 Å². The Morgan fingerprint density at radius 1 is 1.23 bits per heavy atom. The number of hydrogen-bond acceptors (Lipinski definition) is 3. The summed E-state index contributed by atoms with van der Waals surface area (Å²) in [5.41, 5.74) is 3.03. The maximum absolute atomic E-state index is 12.1. The molecule has 0 aliphatic rings. The quantitative estimate of drug-likeness (QED) is 0.787. The van der Waals surface area contributed by atoms with E-state index in [1.165, 1.54) is 6.26 Å². The van der Waals surface area contributed by atoms with Crippen LogP contribution in [0.1, 0.15) is 27.2 Å². The van der Waals surface area contributed by atoms with Crippen molar-refractivity contribution < 1.29 is 9.21 Å². The van der Waals surface area contributed by atoms with Crippen molar-refractivity contribution in [2.45, 2.75) is 20.0 Å². The van der Waals surface area contributed by atoms with Crippen LogP contribution in [0.15, 0.2) is 59.5 Å². The number of furan rings is 1. The maximum Gasteiger partial charge on any atom is 0.287 e. The van der Waals surface area contributed by atoms with Crippen LogP contribution < -0.4 is 5.32 Å². The second-order valence-electron chi connectivity index (χ2n) is 5.09. The van der Waals surface area contributed by atoms with Gasteiger partial charge in [0.25, 0.3) is 5.91 Å². The van der Waals surface area contributed by atoms with Crippen molar-refractivity contribution in [1.29, 1.82) is 0 Å². The number of benzene rings is 1. The SMILES string of the molecule is Cc1ccoc1C(=O)NCc1ccccc1Cn1cccn1. The zero-order valence-corrected chi connectivity index (χ0v) is 12.3. The van der Waals surface area contributed by atoms with Gasteiger partial charge >= 0.3 is 0 Å². The lowest BCUT2D eigenvalue weighted by Crippen LogP contribution is -2.23. The zero-order chi connectivity index (χ0) is 15.4. The van der Waals surface area contributed by atoms with Crippen LogP contribution in [-0.4, -0.2) is 15.7 Å². The number of rotatable bonds is 5. The predicted octanol–water partition coefficient (Wildman–Crippen LogP) is 2.76. The molecule has 0 bridgehead atoms. The largest absolute Gasteiger partial charge is 0.459 e. The summed E-state index contributed by atoms with van der Waals surface area (Å²) in [6.07, 6.45) is 5.20. The fraction of sp³-hybridized carbons (Fsp3) is 0.176. The van der Waals surface area contributed by atoms with Gasteiger partial charge in [-0.05, 0) is 30.2 Å². The highest BCUT2D eigenvalue weighted by Gasteiger charge is 2.12. The van der Waals surface area contributed by atoms with Crippen LogP contribution in [-0.2, 0) is 13.1 Å². The van der Waals surface area contributed by atoms with Gasteiger partial charge in [-0.25, -0.2) is 0 Å².